The first-order valence-electron chi connectivity index (χ1n) is 7.54. The molecule has 0 spiro atoms. The van der Waals surface area contributed by atoms with Crippen molar-refractivity contribution >= 4 is 0 Å². The molecule has 1 aromatic carbocycles. The average molecular weight is 269 g/mol. The number of aryl methyl sites for hydroxylation is 3. The van der Waals surface area contributed by atoms with Crippen molar-refractivity contribution in [2.24, 2.45) is 5.73 Å². The molecule has 106 valence electrons. The fourth-order valence-electron chi connectivity index (χ4n) is 3.35. The van der Waals surface area contributed by atoms with E-state index in [-0.39, 0.29) is 6.04 Å². The highest BCUT2D eigenvalue weighted by Crippen LogP contribution is 2.34. The van der Waals surface area contributed by atoms with E-state index in [1.165, 1.54) is 27.9 Å². The molecule has 1 aliphatic rings. The highest BCUT2D eigenvalue weighted by Gasteiger charge is 2.21. The summed E-state index contributed by atoms with van der Waals surface area (Å²) < 4.78 is 2.13. The number of benzene rings is 1. The Balaban J connectivity index is 2.06. The van der Waals surface area contributed by atoms with Gasteiger partial charge in [-0.15, -0.1) is 0 Å². The van der Waals surface area contributed by atoms with Crippen LogP contribution in [0.1, 0.15) is 48.3 Å². The number of hydrogen-bond acceptors (Lipinski definition) is 2. The van der Waals surface area contributed by atoms with Gasteiger partial charge in [-0.3, -0.25) is 4.68 Å². The second-order valence-corrected chi connectivity index (χ2v) is 5.83. The van der Waals surface area contributed by atoms with Crippen LogP contribution in [0.3, 0.4) is 0 Å². The quantitative estimate of drug-likeness (QED) is 0.926. The molecule has 2 N–H and O–H groups in total. The summed E-state index contributed by atoms with van der Waals surface area (Å²) in [7, 11) is 0. The normalized spacial score (nSPS) is 17.5. The van der Waals surface area contributed by atoms with Crippen LogP contribution in [0.2, 0.25) is 0 Å². The maximum absolute atomic E-state index is 6.12. The van der Waals surface area contributed by atoms with Crippen molar-refractivity contribution in [2.75, 3.05) is 0 Å². The van der Waals surface area contributed by atoms with E-state index in [1.807, 2.05) is 0 Å². The van der Waals surface area contributed by atoms with Gasteiger partial charge in [0.15, 0.2) is 0 Å². The SMILES string of the molecule is CCCn1nc(C)c(-c2ccc3c(c2)CCC3N)c1C. The molecule has 1 aromatic heterocycles. The molecule has 3 heteroatoms. The van der Waals surface area contributed by atoms with Crippen LogP contribution < -0.4 is 5.73 Å². The Morgan fingerprint density at radius 1 is 1.35 bits per heavy atom. The van der Waals surface area contributed by atoms with Gasteiger partial charge in [0.2, 0.25) is 0 Å². The maximum Gasteiger partial charge on any atom is 0.0674 e. The molecule has 1 unspecified atom stereocenters. The highest BCUT2D eigenvalue weighted by atomic mass is 15.3. The lowest BCUT2D eigenvalue weighted by atomic mass is 9.98. The van der Waals surface area contributed by atoms with E-state index >= 15 is 0 Å². The van der Waals surface area contributed by atoms with Crippen molar-refractivity contribution in [3.05, 3.63) is 40.7 Å². The first-order chi connectivity index (χ1) is 9.61. The van der Waals surface area contributed by atoms with E-state index in [0.29, 0.717) is 0 Å². The number of nitrogens with zero attached hydrogens (tertiary/aromatic N) is 2. The Bertz CT molecular complexity index is 640. The summed E-state index contributed by atoms with van der Waals surface area (Å²) in [5.74, 6) is 0. The smallest absolute Gasteiger partial charge is 0.0674 e. The summed E-state index contributed by atoms with van der Waals surface area (Å²) >= 11 is 0. The molecule has 1 aliphatic carbocycles. The van der Waals surface area contributed by atoms with Crippen LogP contribution in [0.15, 0.2) is 18.2 Å². The largest absolute Gasteiger partial charge is 0.324 e. The molecule has 0 saturated carbocycles. The summed E-state index contributed by atoms with van der Waals surface area (Å²) in [6, 6.07) is 6.95. The van der Waals surface area contributed by atoms with Crippen molar-refractivity contribution in [3.63, 3.8) is 0 Å². The summed E-state index contributed by atoms with van der Waals surface area (Å²) in [6.07, 6.45) is 3.29. The molecule has 0 saturated heterocycles. The van der Waals surface area contributed by atoms with Crippen molar-refractivity contribution in [1.82, 2.24) is 9.78 Å². The Kier molecular flexibility index (Phi) is 3.38. The molecule has 0 bridgehead atoms. The van der Waals surface area contributed by atoms with Gasteiger partial charge >= 0.3 is 0 Å². The molecule has 2 aromatic rings. The van der Waals surface area contributed by atoms with Crippen LogP contribution in [-0.2, 0) is 13.0 Å². The topological polar surface area (TPSA) is 43.8 Å². The maximum atomic E-state index is 6.12. The number of rotatable bonds is 3. The summed E-state index contributed by atoms with van der Waals surface area (Å²) in [5.41, 5.74) is 13.8. The predicted molar refractivity (Wildman–Crippen MR) is 82.7 cm³/mol. The van der Waals surface area contributed by atoms with E-state index in [2.05, 4.69) is 48.8 Å². The first-order valence-corrected chi connectivity index (χ1v) is 7.54. The third-order valence-corrected chi connectivity index (χ3v) is 4.37. The molecular formula is C17H23N3. The van der Waals surface area contributed by atoms with Gasteiger partial charge in [0.25, 0.3) is 0 Å². The van der Waals surface area contributed by atoms with Crippen molar-refractivity contribution in [2.45, 2.75) is 52.6 Å². The van der Waals surface area contributed by atoms with Gasteiger partial charge in [0.1, 0.15) is 0 Å². The predicted octanol–water partition coefficient (Wildman–Crippen LogP) is 3.52. The number of fused-ring (bicyclic) bond motifs is 1. The van der Waals surface area contributed by atoms with Crippen LogP contribution >= 0.6 is 0 Å². The Hall–Kier alpha value is -1.61. The molecular weight excluding hydrogens is 246 g/mol. The van der Waals surface area contributed by atoms with Gasteiger partial charge in [-0.25, -0.2) is 0 Å². The molecule has 3 rings (SSSR count). The van der Waals surface area contributed by atoms with E-state index in [0.717, 1.165) is 31.5 Å². The summed E-state index contributed by atoms with van der Waals surface area (Å²) in [5, 5.41) is 4.68. The fourth-order valence-corrected chi connectivity index (χ4v) is 3.35. The van der Waals surface area contributed by atoms with Crippen molar-refractivity contribution < 1.29 is 0 Å². The molecule has 1 atom stereocenters. The molecule has 3 nitrogen and oxygen atoms in total. The van der Waals surface area contributed by atoms with Crippen LogP contribution in [-0.4, -0.2) is 9.78 Å². The first kappa shape index (κ1) is 13.4. The van der Waals surface area contributed by atoms with E-state index in [4.69, 9.17) is 5.73 Å². The van der Waals surface area contributed by atoms with Gasteiger partial charge in [0, 0.05) is 23.8 Å². The number of aromatic nitrogens is 2. The minimum absolute atomic E-state index is 0.226. The fraction of sp³-hybridized carbons (Fsp3) is 0.471. The molecule has 1 heterocycles. The summed E-state index contributed by atoms with van der Waals surface area (Å²) in [4.78, 5) is 0. The minimum atomic E-state index is 0.226. The van der Waals surface area contributed by atoms with Gasteiger partial charge in [-0.2, -0.15) is 5.10 Å². The zero-order chi connectivity index (χ0) is 14.3. The standard InChI is InChI=1S/C17H23N3/c1-4-9-20-12(3)17(11(2)19-20)14-5-7-15-13(10-14)6-8-16(15)18/h5,7,10,16H,4,6,8-9,18H2,1-3H3. The van der Waals surface area contributed by atoms with Gasteiger partial charge in [-0.05, 0) is 49.8 Å². The summed E-state index contributed by atoms with van der Waals surface area (Å²) in [6.45, 7) is 7.45. The number of nitrogens with two attached hydrogens (primary N) is 1. The lowest BCUT2D eigenvalue weighted by molar-refractivity contribution is 0.583. The zero-order valence-corrected chi connectivity index (χ0v) is 12.6. The van der Waals surface area contributed by atoms with Gasteiger partial charge < -0.3 is 5.73 Å². The van der Waals surface area contributed by atoms with Gasteiger partial charge in [-0.1, -0.05) is 25.1 Å². The lowest BCUT2D eigenvalue weighted by Crippen LogP contribution is -2.04. The lowest BCUT2D eigenvalue weighted by Gasteiger charge is -2.08. The molecule has 0 fully saturated rings. The highest BCUT2D eigenvalue weighted by molar-refractivity contribution is 5.70. The third kappa shape index (κ3) is 2.06. The second-order valence-electron chi connectivity index (χ2n) is 5.83. The van der Waals surface area contributed by atoms with E-state index in [1.54, 1.807) is 0 Å². The molecule has 0 amide bonds. The Labute approximate surface area is 120 Å². The Morgan fingerprint density at radius 2 is 2.15 bits per heavy atom. The van der Waals surface area contributed by atoms with E-state index in [9.17, 15) is 0 Å². The monoisotopic (exact) mass is 269 g/mol. The Morgan fingerprint density at radius 3 is 2.90 bits per heavy atom. The second kappa shape index (κ2) is 5.06. The van der Waals surface area contributed by atoms with Crippen LogP contribution in [0.25, 0.3) is 11.1 Å². The van der Waals surface area contributed by atoms with Crippen LogP contribution in [0, 0.1) is 13.8 Å². The van der Waals surface area contributed by atoms with Gasteiger partial charge in [0.05, 0.1) is 5.69 Å². The minimum Gasteiger partial charge on any atom is -0.324 e. The third-order valence-electron chi connectivity index (χ3n) is 4.37. The number of hydrogen-bond donors (Lipinski definition) is 1. The molecule has 0 radical (unpaired) electrons. The molecule has 0 aliphatic heterocycles. The molecule has 20 heavy (non-hydrogen) atoms. The van der Waals surface area contributed by atoms with Crippen LogP contribution in [0.5, 0.6) is 0 Å². The van der Waals surface area contributed by atoms with Crippen molar-refractivity contribution in [3.8, 4) is 11.1 Å². The van der Waals surface area contributed by atoms with Crippen molar-refractivity contribution in [1.29, 1.82) is 0 Å². The van der Waals surface area contributed by atoms with E-state index < -0.39 is 0 Å². The van der Waals surface area contributed by atoms with Crippen LogP contribution in [0.4, 0.5) is 0 Å². The average Bonchev–Trinajstić information content (AvgIpc) is 2.92. The zero-order valence-electron chi connectivity index (χ0n) is 12.6.